The number of H-pyrrole nitrogens is 1. The fraction of sp³-hybridized carbons (Fsp3) is 0. The molecule has 0 atom stereocenters. The van der Waals surface area contributed by atoms with Crippen molar-refractivity contribution in [3.8, 4) is 0 Å². The highest BCUT2D eigenvalue weighted by atomic mass is 16.6. The van der Waals surface area contributed by atoms with Crippen molar-refractivity contribution in [2.45, 2.75) is 0 Å². The topological polar surface area (TPSA) is 110 Å². The SMILES string of the molecule is NC(=O)OC(=O)Nc1nc2ccccc2[nH]1. The third-order valence-electron chi connectivity index (χ3n) is 1.80. The average Bonchev–Trinajstić information content (AvgIpc) is 2.57. The molecule has 2 amide bonds. The normalized spacial score (nSPS) is 10.0. The van der Waals surface area contributed by atoms with Gasteiger partial charge in [0.25, 0.3) is 0 Å². The van der Waals surface area contributed by atoms with E-state index in [-0.39, 0.29) is 5.95 Å². The Kier molecular flexibility index (Phi) is 2.42. The lowest BCUT2D eigenvalue weighted by Crippen LogP contribution is -2.23. The molecule has 4 N–H and O–H groups in total. The average molecular weight is 220 g/mol. The maximum Gasteiger partial charge on any atom is 0.422 e. The minimum absolute atomic E-state index is 0.187. The maximum atomic E-state index is 11.0. The standard InChI is InChI=1S/C9H8N4O3/c10-7(14)16-9(15)13-8-11-5-3-1-2-4-6(5)12-8/h1-4H,(H2,10,14)(H2,11,12,13,15). The van der Waals surface area contributed by atoms with Crippen LogP contribution in [0.1, 0.15) is 0 Å². The second kappa shape index (κ2) is 3.89. The van der Waals surface area contributed by atoms with E-state index in [0.717, 1.165) is 5.52 Å². The van der Waals surface area contributed by atoms with Crippen molar-refractivity contribution >= 4 is 29.2 Å². The number of nitrogens with one attached hydrogen (secondary N) is 2. The van der Waals surface area contributed by atoms with Gasteiger partial charge < -0.3 is 15.5 Å². The number of aromatic nitrogens is 2. The first-order chi connectivity index (χ1) is 7.65. The zero-order chi connectivity index (χ0) is 11.5. The van der Waals surface area contributed by atoms with Crippen molar-refractivity contribution in [3.05, 3.63) is 24.3 Å². The van der Waals surface area contributed by atoms with Crippen LogP contribution >= 0.6 is 0 Å². The first kappa shape index (κ1) is 9.97. The fourth-order valence-electron chi connectivity index (χ4n) is 1.23. The Balaban J connectivity index is 2.15. The van der Waals surface area contributed by atoms with Crippen LogP contribution in [0.5, 0.6) is 0 Å². The largest absolute Gasteiger partial charge is 0.422 e. The Bertz CT molecular complexity index is 515. The number of primary amides is 1. The van der Waals surface area contributed by atoms with E-state index < -0.39 is 12.2 Å². The summed E-state index contributed by atoms with van der Waals surface area (Å²) in [5.41, 5.74) is 6.12. The van der Waals surface area contributed by atoms with Crippen LogP contribution in [0.15, 0.2) is 24.3 Å². The Labute approximate surface area is 89.6 Å². The monoisotopic (exact) mass is 220 g/mol. The number of carbonyl (C=O) groups is 2. The molecular weight excluding hydrogens is 212 g/mol. The van der Waals surface area contributed by atoms with E-state index in [9.17, 15) is 9.59 Å². The van der Waals surface area contributed by atoms with E-state index in [0.29, 0.717) is 5.52 Å². The molecule has 2 aromatic rings. The number of nitrogens with zero attached hydrogens (tertiary/aromatic N) is 1. The fourth-order valence-corrected chi connectivity index (χ4v) is 1.23. The number of imidazole rings is 1. The summed E-state index contributed by atoms with van der Waals surface area (Å²) in [7, 11) is 0. The van der Waals surface area contributed by atoms with Gasteiger partial charge in [0.2, 0.25) is 5.95 Å². The summed E-state index contributed by atoms with van der Waals surface area (Å²) < 4.78 is 4.08. The van der Waals surface area contributed by atoms with Gasteiger partial charge in [0.1, 0.15) is 0 Å². The molecule has 2 rings (SSSR count). The van der Waals surface area contributed by atoms with E-state index in [4.69, 9.17) is 0 Å². The number of hydrogen-bond acceptors (Lipinski definition) is 4. The summed E-state index contributed by atoms with van der Waals surface area (Å²) in [5.74, 6) is 0.187. The molecule has 0 unspecified atom stereocenters. The molecule has 1 heterocycles. The third-order valence-corrected chi connectivity index (χ3v) is 1.80. The molecule has 0 aliphatic rings. The molecule has 82 valence electrons. The van der Waals surface area contributed by atoms with Gasteiger partial charge in [0.05, 0.1) is 11.0 Å². The number of hydrogen-bond donors (Lipinski definition) is 3. The van der Waals surface area contributed by atoms with Crippen LogP contribution in [0.2, 0.25) is 0 Å². The number of nitrogens with two attached hydrogens (primary N) is 1. The quantitative estimate of drug-likeness (QED) is 0.627. The van der Waals surface area contributed by atoms with E-state index in [1.54, 1.807) is 12.1 Å². The van der Waals surface area contributed by atoms with Crippen molar-refractivity contribution in [3.63, 3.8) is 0 Å². The van der Waals surface area contributed by atoms with Crippen molar-refractivity contribution in [2.24, 2.45) is 5.73 Å². The summed E-state index contributed by atoms with van der Waals surface area (Å²) >= 11 is 0. The summed E-state index contributed by atoms with van der Waals surface area (Å²) in [6.45, 7) is 0. The van der Waals surface area contributed by atoms with Crippen molar-refractivity contribution in [1.29, 1.82) is 0 Å². The van der Waals surface area contributed by atoms with Gasteiger partial charge in [-0.15, -0.1) is 0 Å². The Morgan fingerprint density at radius 1 is 1.38 bits per heavy atom. The highest BCUT2D eigenvalue weighted by Crippen LogP contribution is 2.13. The third kappa shape index (κ3) is 2.08. The van der Waals surface area contributed by atoms with Gasteiger partial charge in [-0.05, 0) is 12.1 Å². The second-order valence-electron chi connectivity index (χ2n) is 2.94. The molecule has 0 aliphatic carbocycles. The molecule has 0 aliphatic heterocycles. The first-order valence-electron chi connectivity index (χ1n) is 4.38. The molecule has 0 radical (unpaired) electrons. The highest BCUT2D eigenvalue weighted by molar-refractivity contribution is 5.92. The van der Waals surface area contributed by atoms with Crippen LogP contribution in [0, 0.1) is 0 Å². The number of rotatable bonds is 1. The number of carbonyl (C=O) groups excluding carboxylic acids is 2. The van der Waals surface area contributed by atoms with E-state index in [1.165, 1.54) is 0 Å². The van der Waals surface area contributed by atoms with Crippen LogP contribution < -0.4 is 11.1 Å². The molecule has 1 aromatic carbocycles. The molecule has 0 saturated heterocycles. The van der Waals surface area contributed by atoms with Crippen molar-refractivity contribution in [2.75, 3.05) is 5.32 Å². The molecule has 16 heavy (non-hydrogen) atoms. The lowest BCUT2D eigenvalue weighted by Gasteiger charge is -1.98. The summed E-state index contributed by atoms with van der Waals surface area (Å²) in [6.07, 6.45) is -2.15. The second-order valence-corrected chi connectivity index (χ2v) is 2.94. The molecule has 7 heteroatoms. The van der Waals surface area contributed by atoms with Crippen molar-refractivity contribution < 1.29 is 14.3 Å². The van der Waals surface area contributed by atoms with Crippen LogP contribution in [0.3, 0.4) is 0 Å². The first-order valence-corrected chi connectivity index (χ1v) is 4.38. The maximum absolute atomic E-state index is 11.0. The lowest BCUT2D eigenvalue weighted by molar-refractivity contribution is 0.167. The number of amides is 2. The van der Waals surface area contributed by atoms with Crippen LogP contribution in [0.25, 0.3) is 11.0 Å². The van der Waals surface area contributed by atoms with Gasteiger partial charge in [-0.1, -0.05) is 12.1 Å². The Morgan fingerprint density at radius 3 is 2.81 bits per heavy atom. The Morgan fingerprint density at radius 2 is 2.12 bits per heavy atom. The molecule has 0 spiro atoms. The van der Waals surface area contributed by atoms with Crippen LogP contribution in [-0.4, -0.2) is 22.2 Å². The molecule has 7 nitrogen and oxygen atoms in total. The summed E-state index contributed by atoms with van der Waals surface area (Å²) in [5, 5.41) is 2.23. The molecule has 0 saturated carbocycles. The van der Waals surface area contributed by atoms with Gasteiger partial charge in [0.15, 0.2) is 0 Å². The van der Waals surface area contributed by atoms with E-state index >= 15 is 0 Å². The van der Waals surface area contributed by atoms with Crippen LogP contribution in [-0.2, 0) is 4.74 Å². The van der Waals surface area contributed by atoms with Gasteiger partial charge in [-0.2, -0.15) is 0 Å². The molecule has 0 fully saturated rings. The number of aromatic amines is 1. The number of benzene rings is 1. The summed E-state index contributed by atoms with van der Waals surface area (Å²) in [6, 6.07) is 7.21. The minimum atomic E-state index is -1.17. The zero-order valence-corrected chi connectivity index (χ0v) is 8.06. The lowest BCUT2D eigenvalue weighted by atomic mass is 10.3. The molecule has 1 aromatic heterocycles. The van der Waals surface area contributed by atoms with Gasteiger partial charge in [0, 0.05) is 0 Å². The number of para-hydroxylation sites is 2. The number of anilines is 1. The van der Waals surface area contributed by atoms with Crippen LogP contribution in [0.4, 0.5) is 15.5 Å². The minimum Gasteiger partial charge on any atom is -0.359 e. The Hall–Kier alpha value is -2.57. The predicted octanol–water partition coefficient (Wildman–Crippen LogP) is 1.19. The number of fused-ring (bicyclic) bond motifs is 1. The molecule has 0 bridgehead atoms. The predicted molar refractivity (Wildman–Crippen MR) is 55.8 cm³/mol. The van der Waals surface area contributed by atoms with Crippen molar-refractivity contribution in [1.82, 2.24) is 9.97 Å². The highest BCUT2D eigenvalue weighted by Gasteiger charge is 2.09. The van der Waals surface area contributed by atoms with Gasteiger partial charge in [-0.25, -0.2) is 14.6 Å². The van der Waals surface area contributed by atoms with Gasteiger partial charge in [-0.3, -0.25) is 5.32 Å². The van der Waals surface area contributed by atoms with E-state index in [1.807, 2.05) is 12.1 Å². The molecular formula is C9H8N4O3. The smallest absolute Gasteiger partial charge is 0.359 e. The van der Waals surface area contributed by atoms with E-state index in [2.05, 4.69) is 25.8 Å². The zero-order valence-electron chi connectivity index (χ0n) is 8.06. The summed E-state index contributed by atoms with van der Waals surface area (Å²) in [4.78, 5) is 28.2. The van der Waals surface area contributed by atoms with Gasteiger partial charge >= 0.3 is 12.2 Å². The number of ether oxygens (including phenoxy) is 1.